The minimum atomic E-state index is 0.716. The summed E-state index contributed by atoms with van der Waals surface area (Å²) in [6.45, 7) is 4.83. The Balaban J connectivity index is 2.06. The van der Waals surface area contributed by atoms with Crippen LogP contribution in [-0.2, 0) is 0 Å². The lowest BCUT2D eigenvalue weighted by Crippen LogP contribution is -2.23. The molecule has 0 N–H and O–H groups in total. The van der Waals surface area contributed by atoms with E-state index in [1.54, 1.807) is 0 Å². The molecule has 0 fully saturated rings. The smallest absolute Gasteiger partial charge is 0.0141 e. The molecule has 1 radical (unpaired) electrons. The highest BCUT2D eigenvalue weighted by Crippen LogP contribution is 2.41. The van der Waals surface area contributed by atoms with E-state index in [0.717, 1.165) is 11.8 Å². The van der Waals surface area contributed by atoms with Crippen molar-refractivity contribution in [3.8, 4) is 0 Å². The highest BCUT2D eigenvalue weighted by molar-refractivity contribution is 5.12. The zero-order chi connectivity index (χ0) is 11.4. The molecule has 0 aromatic heterocycles. The fourth-order valence-corrected chi connectivity index (χ4v) is 3.30. The summed E-state index contributed by atoms with van der Waals surface area (Å²) in [4.78, 5) is 0. The van der Waals surface area contributed by atoms with Gasteiger partial charge in [0.1, 0.15) is 0 Å². The Bertz CT molecular complexity index is 261. The van der Waals surface area contributed by atoms with E-state index < -0.39 is 0 Å². The third-order valence-electron chi connectivity index (χ3n) is 4.33. The van der Waals surface area contributed by atoms with Crippen molar-refractivity contribution in [1.29, 1.82) is 0 Å². The van der Waals surface area contributed by atoms with E-state index in [0.29, 0.717) is 5.92 Å². The van der Waals surface area contributed by atoms with Gasteiger partial charge in [-0.25, -0.2) is 0 Å². The van der Waals surface area contributed by atoms with Gasteiger partial charge < -0.3 is 0 Å². The Hall–Kier alpha value is -0.520. The first-order chi connectivity index (χ1) is 7.79. The lowest BCUT2D eigenvalue weighted by molar-refractivity contribution is 0.317. The van der Waals surface area contributed by atoms with Crippen molar-refractivity contribution in [2.45, 2.75) is 52.4 Å². The van der Waals surface area contributed by atoms with Gasteiger partial charge in [0.15, 0.2) is 0 Å². The van der Waals surface area contributed by atoms with Gasteiger partial charge in [-0.1, -0.05) is 38.2 Å². The van der Waals surface area contributed by atoms with Crippen LogP contribution in [0.4, 0.5) is 0 Å². The summed E-state index contributed by atoms with van der Waals surface area (Å²) in [7, 11) is 0. The van der Waals surface area contributed by atoms with E-state index in [2.05, 4.69) is 38.2 Å². The van der Waals surface area contributed by atoms with Crippen LogP contribution in [0.5, 0.6) is 0 Å². The van der Waals surface area contributed by atoms with Crippen LogP contribution in [0.15, 0.2) is 24.3 Å². The molecule has 16 heavy (non-hydrogen) atoms. The summed E-state index contributed by atoms with van der Waals surface area (Å²) in [5.41, 5.74) is 0. The molecule has 2 aliphatic rings. The van der Waals surface area contributed by atoms with E-state index in [9.17, 15) is 0 Å². The Labute approximate surface area is 101 Å². The van der Waals surface area contributed by atoms with Gasteiger partial charge in [-0.05, 0) is 62.2 Å². The molecule has 0 spiro atoms. The third-order valence-corrected chi connectivity index (χ3v) is 4.33. The van der Waals surface area contributed by atoms with Crippen LogP contribution in [0, 0.1) is 23.7 Å². The molecule has 0 bridgehead atoms. The second-order valence-electron chi connectivity index (χ2n) is 5.55. The fraction of sp³-hybridized carbons (Fsp3) is 0.688. The Morgan fingerprint density at radius 3 is 2.81 bits per heavy atom. The Morgan fingerprint density at radius 2 is 1.94 bits per heavy atom. The van der Waals surface area contributed by atoms with Gasteiger partial charge in [0.2, 0.25) is 0 Å². The molecule has 0 aromatic carbocycles. The largest absolute Gasteiger partial charge is 0.0885 e. The molecule has 0 saturated carbocycles. The number of hydrogen-bond acceptors (Lipinski definition) is 0. The van der Waals surface area contributed by atoms with Gasteiger partial charge in [-0.15, -0.1) is 0 Å². The standard InChI is InChI=1S/C16H25/c1-13-9-5-3-7-11-15(13)16-12-8-4-6-10-14(16)2/h3,5-6,10,13-15H,4,7-9,11-12H2,1-2H3. The normalized spacial score (nSPS) is 37.0. The van der Waals surface area contributed by atoms with Crippen LogP contribution in [0.1, 0.15) is 52.4 Å². The maximum atomic E-state index is 2.44. The first kappa shape index (κ1) is 12.0. The summed E-state index contributed by atoms with van der Waals surface area (Å²) in [5, 5.41) is 0. The maximum Gasteiger partial charge on any atom is -0.0141 e. The zero-order valence-electron chi connectivity index (χ0n) is 10.8. The van der Waals surface area contributed by atoms with E-state index in [1.165, 1.54) is 38.5 Å². The van der Waals surface area contributed by atoms with Crippen LogP contribution in [0.2, 0.25) is 0 Å². The van der Waals surface area contributed by atoms with Crippen LogP contribution in [0.3, 0.4) is 0 Å². The molecule has 0 nitrogen and oxygen atoms in total. The summed E-state index contributed by atoms with van der Waals surface area (Å²) in [6, 6.07) is 0. The molecule has 0 saturated heterocycles. The molecule has 0 amide bonds. The van der Waals surface area contributed by atoms with Gasteiger partial charge in [0.05, 0.1) is 0 Å². The highest BCUT2D eigenvalue weighted by Gasteiger charge is 2.30. The summed E-state index contributed by atoms with van der Waals surface area (Å²) in [5.74, 6) is 4.27. The summed E-state index contributed by atoms with van der Waals surface area (Å²) < 4.78 is 0. The van der Waals surface area contributed by atoms with Gasteiger partial charge in [-0.3, -0.25) is 0 Å². The van der Waals surface area contributed by atoms with Crippen molar-refractivity contribution in [3.05, 3.63) is 30.2 Å². The molecule has 0 heterocycles. The lowest BCUT2D eigenvalue weighted by atomic mass is 9.72. The van der Waals surface area contributed by atoms with Gasteiger partial charge in [0.25, 0.3) is 0 Å². The van der Waals surface area contributed by atoms with Crippen LogP contribution < -0.4 is 0 Å². The predicted octanol–water partition coefficient (Wildman–Crippen LogP) is 4.93. The second-order valence-corrected chi connectivity index (χ2v) is 5.55. The Morgan fingerprint density at radius 1 is 1.06 bits per heavy atom. The van der Waals surface area contributed by atoms with Gasteiger partial charge in [-0.2, -0.15) is 0 Å². The van der Waals surface area contributed by atoms with E-state index in [4.69, 9.17) is 0 Å². The van der Waals surface area contributed by atoms with Crippen molar-refractivity contribution in [1.82, 2.24) is 0 Å². The number of rotatable bonds is 1. The van der Waals surface area contributed by atoms with Crippen molar-refractivity contribution in [2.75, 3.05) is 0 Å². The molecule has 0 aromatic rings. The SMILES string of the molecule is CC1C=CCCC[C]1C1CCC=CCC1C. The van der Waals surface area contributed by atoms with Crippen LogP contribution in [0.25, 0.3) is 0 Å². The highest BCUT2D eigenvalue weighted by atomic mass is 14.3. The van der Waals surface area contributed by atoms with Crippen molar-refractivity contribution < 1.29 is 0 Å². The van der Waals surface area contributed by atoms with Crippen LogP contribution in [-0.4, -0.2) is 0 Å². The zero-order valence-corrected chi connectivity index (χ0v) is 10.8. The minimum Gasteiger partial charge on any atom is -0.0885 e. The van der Waals surface area contributed by atoms with Crippen molar-refractivity contribution in [3.63, 3.8) is 0 Å². The predicted molar refractivity (Wildman–Crippen MR) is 71.0 cm³/mol. The first-order valence-electron chi connectivity index (χ1n) is 6.96. The molecule has 3 atom stereocenters. The number of hydrogen-bond donors (Lipinski definition) is 0. The third kappa shape index (κ3) is 2.78. The topological polar surface area (TPSA) is 0 Å². The van der Waals surface area contributed by atoms with Crippen molar-refractivity contribution >= 4 is 0 Å². The Kier molecular flexibility index (Phi) is 4.26. The maximum absolute atomic E-state index is 2.44. The van der Waals surface area contributed by atoms with E-state index >= 15 is 0 Å². The molecule has 2 aliphatic carbocycles. The number of allylic oxidation sites excluding steroid dienone is 4. The average Bonchev–Trinajstić information content (AvgIpc) is 2.59. The van der Waals surface area contributed by atoms with E-state index in [1.807, 2.05) is 5.92 Å². The first-order valence-corrected chi connectivity index (χ1v) is 6.96. The monoisotopic (exact) mass is 217 g/mol. The molecule has 2 rings (SSSR count). The molecule has 89 valence electrons. The molecule has 3 unspecified atom stereocenters. The second kappa shape index (κ2) is 5.70. The quantitative estimate of drug-likeness (QED) is 0.546. The van der Waals surface area contributed by atoms with E-state index in [-0.39, 0.29) is 0 Å². The molecular formula is C16H25. The fourth-order valence-electron chi connectivity index (χ4n) is 3.30. The van der Waals surface area contributed by atoms with Crippen molar-refractivity contribution in [2.24, 2.45) is 17.8 Å². The molecular weight excluding hydrogens is 192 g/mol. The molecule has 0 aliphatic heterocycles. The summed E-state index contributed by atoms with van der Waals surface area (Å²) >= 11 is 0. The summed E-state index contributed by atoms with van der Waals surface area (Å²) in [6.07, 6.45) is 17.6. The lowest BCUT2D eigenvalue weighted by Gasteiger charge is -2.32. The van der Waals surface area contributed by atoms with Gasteiger partial charge in [0, 0.05) is 0 Å². The molecule has 0 heteroatoms. The average molecular weight is 217 g/mol. The van der Waals surface area contributed by atoms with Gasteiger partial charge >= 0.3 is 0 Å². The minimum absolute atomic E-state index is 0.716. The van der Waals surface area contributed by atoms with Crippen LogP contribution >= 0.6 is 0 Å².